The van der Waals surface area contributed by atoms with Crippen LogP contribution >= 0.6 is 11.6 Å². The van der Waals surface area contributed by atoms with Gasteiger partial charge in [-0.25, -0.2) is 9.69 Å². The average Bonchev–Trinajstić information content (AvgIpc) is 3.23. The van der Waals surface area contributed by atoms with Crippen LogP contribution in [0.2, 0.25) is 5.02 Å². The van der Waals surface area contributed by atoms with E-state index < -0.39 is 6.09 Å². The molecule has 4 rings (SSSR count). The molecule has 2 heterocycles. The van der Waals surface area contributed by atoms with Crippen molar-refractivity contribution in [3.63, 3.8) is 0 Å². The maximum atomic E-state index is 11.9. The first-order valence-corrected chi connectivity index (χ1v) is 9.13. The Labute approximate surface area is 157 Å². The fraction of sp³-hybridized carbons (Fsp3) is 0.350. The molecule has 0 radical (unpaired) electrons. The first-order chi connectivity index (χ1) is 12.5. The summed E-state index contributed by atoms with van der Waals surface area (Å²) in [4.78, 5) is 15.6. The van der Waals surface area contributed by atoms with Gasteiger partial charge in [0.1, 0.15) is 0 Å². The van der Waals surface area contributed by atoms with E-state index in [1.54, 1.807) is 18.2 Å². The summed E-state index contributed by atoms with van der Waals surface area (Å²) in [6, 6.07) is 13.2. The molecule has 0 aromatic heterocycles. The number of carbonyl (C=O) groups is 1. The third-order valence-corrected chi connectivity index (χ3v) is 5.68. The Morgan fingerprint density at radius 2 is 2.08 bits per heavy atom. The molecule has 136 valence electrons. The standard InChI is InChI=1S/C20H21ClN2O3/c1-13-14(10-22-11-18-8-17(22)12-26-18)7-16(9-19(13)21)23(20(24)25)15-5-3-2-4-6-15/h2-7,9,17-18H,8,10-12H2,1H3,(H,24,25). The second-order valence-electron chi connectivity index (χ2n) is 6.94. The molecule has 0 saturated carbocycles. The van der Waals surface area contributed by atoms with Crippen molar-refractivity contribution in [3.05, 3.63) is 58.6 Å². The molecule has 2 aromatic rings. The predicted octanol–water partition coefficient (Wildman–Crippen LogP) is 4.44. The lowest BCUT2D eigenvalue weighted by Gasteiger charge is -2.28. The van der Waals surface area contributed by atoms with E-state index in [9.17, 15) is 9.90 Å². The Hall–Kier alpha value is -2.08. The summed E-state index contributed by atoms with van der Waals surface area (Å²) in [7, 11) is 0. The minimum absolute atomic E-state index is 0.332. The lowest BCUT2D eigenvalue weighted by Crippen LogP contribution is -2.36. The molecule has 26 heavy (non-hydrogen) atoms. The lowest BCUT2D eigenvalue weighted by molar-refractivity contribution is 0.0272. The predicted molar refractivity (Wildman–Crippen MR) is 101 cm³/mol. The number of anilines is 2. The molecular weight excluding hydrogens is 352 g/mol. The average molecular weight is 373 g/mol. The monoisotopic (exact) mass is 372 g/mol. The summed E-state index contributed by atoms with van der Waals surface area (Å²) in [6.07, 6.45) is 0.382. The van der Waals surface area contributed by atoms with Gasteiger partial charge in [0.15, 0.2) is 0 Å². The molecule has 0 aliphatic carbocycles. The zero-order chi connectivity index (χ0) is 18.3. The van der Waals surface area contributed by atoms with Crippen molar-refractivity contribution in [1.82, 2.24) is 4.90 Å². The number of benzene rings is 2. The minimum atomic E-state index is -1.03. The van der Waals surface area contributed by atoms with Gasteiger partial charge in [0, 0.05) is 24.2 Å². The van der Waals surface area contributed by atoms with Crippen molar-refractivity contribution in [1.29, 1.82) is 0 Å². The van der Waals surface area contributed by atoms with Crippen molar-refractivity contribution in [2.75, 3.05) is 18.1 Å². The van der Waals surface area contributed by atoms with E-state index in [2.05, 4.69) is 4.90 Å². The number of amides is 1. The lowest BCUT2D eigenvalue weighted by atomic mass is 10.1. The first kappa shape index (κ1) is 17.3. The van der Waals surface area contributed by atoms with Crippen LogP contribution in [0.3, 0.4) is 0 Å². The van der Waals surface area contributed by atoms with Crippen LogP contribution in [0.25, 0.3) is 0 Å². The number of rotatable bonds is 4. The van der Waals surface area contributed by atoms with Gasteiger partial charge in [0.2, 0.25) is 0 Å². The number of hydrogen-bond donors (Lipinski definition) is 1. The van der Waals surface area contributed by atoms with Crippen molar-refractivity contribution in [2.24, 2.45) is 0 Å². The van der Waals surface area contributed by atoms with Gasteiger partial charge >= 0.3 is 6.09 Å². The molecule has 2 aliphatic heterocycles. The molecule has 2 fully saturated rings. The van der Waals surface area contributed by atoms with E-state index in [4.69, 9.17) is 16.3 Å². The van der Waals surface area contributed by atoms with Crippen LogP contribution in [-0.4, -0.2) is 41.4 Å². The highest BCUT2D eigenvalue weighted by atomic mass is 35.5. The number of carboxylic acid groups (broad SMARTS) is 1. The number of para-hydroxylation sites is 1. The summed E-state index contributed by atoms with van der Waals surface area (Å²) < 4.78 is 5.67. The van der Waals surface area contributed by atoms with Gasteiger partial charge in [0.05, 0.1) is 24.1 Å². The zero-order valence-corrected chi connectivity index (χ0v) is 15.3. The third kappa shape index (κ3) is 3.18. The smallest absolute Gasteiger partial charge is 0.416 e. The van der Waals surface area contributed by atoms with Gasteiger partial charge in [-0.2, -0.15) is 0 Å². The highest BCUT2D eigenvalue weighted by Crippen LogP contribution is 2.35. The Morgan fingerprint density at radius 1 is 1.31 bits per heavy atom. The molecule has 2 aromatic carbocycles. The number of halogens is 1. The molecule has 6 heteroatoms. The molecular formula is C20H21ClN2O3. The van der Waals surface area contributed by atoms with Crippen LogP contribution < -0.4 is 4.90 Å². The quantitative estimate of drug-likeness (QED) is 0.862. The summed E-state index contributed by atoms with van der Waals surface area (Å²) in [6.45, 7) is 4.45. The molecule has 2 aliphatic rings. The Morgan fingerprint density at radius 3 is 2.69 bits per heavy atom. The zero-order valence-electron chi connectivity index (χ0n) is 14.6. The van der Waals surface area contributed by atoms with Crippen molar-refractivity contribution >= 4 is 29.1 Å². The van der Waals surface area contributed by atoms with Gasteiger partial charge in [-0.3, -0.25) is 4.90 Å². The third-order valence-electron chi connectivity index (χ3n) is 5.29. The Kier molecular flexibility index (Phi) is 4.61. The maximum absolute atomic E-state index is 11.9. The molecule has 5 nitrogen and oxygen atoms in total. The first-order valence-electron chi connectivity index (χ1n) is 8.75. The number of nitrogens with zero attached hydrogens (tertiary/aromatic N) is 2. The molecule has 0 spiro atoms. The van der Waals surface area contributed by atoms with Crippen LogP contribution in [0.1, 0.15) is 17.5 Å². The number of fused-ring (bicyclic) bond motifs is 2. The van der Waals surface area contributed by atoms with Gasteiger partial charge < -0.3 is 9.84 Å². The minimum Gasteiger partial charge on any atom is -0.464 e. The molecule has 2 bridgehead atoms. The fourth-order valence-corrected chi connectivity index (χ4v) is 4.08. The van der Waals surface area contributed by atoms with E-state index in [0.717, 1.165) is 37.2 Å². The van der Waals surface area contributed by atoms with Crippen LogP contribution in [0.5, 0.6) is 0 Å². The molecule has 1 amide bonds. The number of likely N-dealkylation sites (tertiary alicyclic amines) is 1. The van der Waals surface area contributed by atoms with Crippen LogP contribution in [-0.2, 0) is 11.3 Å². The SMILES string of the molecule is Cc1c(Cl)cc(N(C(=O)O)c2ccccc2)cc1CN1CC2CC1CO2. The van der Waals surface area contributed by atoms with E-state index in [1.807, 2.05) is 31.2 Å². The highest BCUT2D eigenvalue weighted by molar-refractivity contribution is 6.31. The second kappa shape index (κ2) is 6.91. The maximum Gasteiger partial charge on any atom is 0.416 e. The second-order valence-corrected chi connectivity index (χ2v) is 7.35. The Balaban J connectivity index is 1.68. The van der Waals surface area contributed by atoms with Crippen molar-refractivity contribution < 1.29 is 14.6 Å². The fourth-order valence-electron chi connectivity index (χ4n) is 3.85. The number of ether oxygens (including phenoxy) is 1. The molecule has 2 saturated heterocycles. The highest BCUT2D eigenvalue weighted by Gasteiger charge is 2.38. The molecule has 2 atom stereocenters. The van der Waals surface area contributed by atoms with Crippen molar-refractivity contribution in [3.8, 4) is 0 Å². The van der Waals surface area contributed by atoms with Gasteiger partial charge in [0.25, 0.3) is 0 Å². The van der Waals surface area contributed by atoms with Gasteiger partial charge in [-0.15, -0.1) is 0 Å². The normalized spacial score (nSPS) is 21.9. The van der Waals surface area contributed by atoms with Crippen LogP contribution in [0.15, 0.2) is 42.5 Å². The summed E-state index contributed by atoms with van der Waals surface area (Å²) in [5.41, 5.74) is 3.22. The number of morpholine rings is 1. The van der Waals surface area contributed by atoms with Crippen LogP contribution in [0, 0.1) is 6.92 Å². The largest absolute Gasteiger partial charge is 0.464 e. The summed E-state index contributed by atoms with van der Waals surface area (Å²) in [5.74, 6) is 0. The summed E-state index contributed by atoms with van der Waals surface area (Å²) >= 11 is 6.46. The van der Waals surface area contributed by atoms with E-state index in [0.29, 0.717) is 28.5 Å². The van der Waals surface area contributed by atoms with E-state index in [1.165, 1.54) is 4.90 Å². The molecule has 1 N–H and O–H groups in total. The Bertz CT molecular complexity index is 827. The topological polar surface area (TPSA) is 53.0 Å². The van der Waals surface area contributed by atoms with Crippen molar-refractivity contribution in [2.45, 2.75) is 32.0 Å². The molecule has 2 unspecified atom stereocenters. The van der Waals surface area contributed by atoms with E-state index in [-0.39, 0.29) is 0 Å². The van der Waals surface area contributed by atoms with Crippen LogP contribution in [0.4, 0.5) is 16.2 Å². The number of hydrogen-bond acceptors (Lipinski definition) is 3. The summed E-state index contributed by atoms with van der Waals surface area (Å²) in [5, 5.41) is 10.3. The van der Waals surface area contributed by atoms with Gasteiger partial charge in [-0.05, 0) is 48.7 Å². The van der Waals surface area contributed by atoms with E-state index >= 15 is 0 Å². The van der Waals surface area contributed by atoms with Gasteiger partial charge in [-0.1, -0.05) is 29.8 Å².